The fraction of sp³-hybridized carbons (Fsp3) is 0. The number of nitrogens with two attached hydrogens (primary N) is 1. The summed E-state index contributed by atoms with van der Waals surface area (Å²) in [6.07, 6.45) is 3.30. The van der Waals surface area contributed by atoms with Crippen LogP contribution in [0.25, 0.3) is 0 Å². The zero-order valence-corrected chi connectivity index (χ0v) is 8.69. The molecule has 0 amide bonds. The molecule has 6 heteroatoms. The normalized spacial score (nSPS) is 10.3. The lowest BCUT2D eigenvalue weighted by molar-refractivity contribution is 1.19. The van der Waals surface area contributed by atoms with Gasteiger partial charge in [0.1, 0.15) is 5.69 Å². The van der Waals surface area contributed by atoms with Gasteiger partial charge in [0.05, 0.1) is 0 Å². The third kappa shape index (κ3) is 1.80. The molecule has 0 aliphatic heterocycles. The van der Waals surface area contributed by atoms with Gasteiger partial charge < -0.3 is 10.7 Å². The first kappa shape index (κ1) is 9.29. The molecular weight excluding hydrogens is 218 g/mol. The van der Waals surface area contributed by atoms with E-state index in [9.17, 15) is 4.79 Å². The summed E-state index contributed by atoms with van der Waals surface area (Å²) in [5.41, 5.74) is 5.60. The van der Waals surface area contributed by atoms with E-state index in [1.54, 1.807) is 18.5 Å². The fourth-order valence-electron chi connectivity index (χ4n) is 0.916. The van der Waals surface area contributed by atoms with Gasteiger partial charge in [-0.1, -0.05) is 11.8 Å². The molecular formula is C8H7N3OS2. The van der Waals surface area contributed by atoms with Crippen molar-refractivity contribution in [1.82, 2.24) is 9.97 Å². The minimum Gasteiger partial charge on any atom is -0.393 e. The number of aromatic nitrogens is 2. The van der Waals surface area contributed by atoms with Gasteiger partial charge in [0, 0.05) is 22.7 Å². The second-order valence-electron chi connectivity index (χ2n) is 2.48. The maximum absolute atomic E-state index is 11.2. The highest BCUT2D eigenvalue weighted by Crippen LogP contribution is 2.30. The van der Waals surface area contributed by atoms with Crippen LogP contribution < -0.4 is 11.3 Å². The molecule has 0 aromatic carbocycles. The van der Waals surface area contributed by atoms with Crippen molar-refractivity contribution < 1.29 is 0 Å². The Hall–Kier alpha value is -1.27. The smallest absolute Gasteiger partial charge is 0.272 e. The molecule has 2 rings (SSSR count). The van der Waals surface area contributed by atoms with Crippen LogP contribution in [-0.4, -0.2) is 9.97 Å². The molecule has 2 heterocycles. The van der Waals surface area contributed by atoms with E-state index in [1.165, 1.54) is 23.1 Å². The van der Waals surface area contributed by atoms with Crippen LogP contribution in [0.1, 0.15) is 0 Å². The first-order valence-corrected chi connectivity index (χ1v) is 5.51. The summed E-state index contributed by atoms with van der Waals surface area (Å²) in [6, 6.07) is 1.77. The Balaban J connectivity index is 2.34. The number of hydrogen-bond acceptors (Lipinski definition) is 5. The van der Waals surface area contributed by atoms with E-state index < -0.39 is 0 Å². The molecule has 2 aromatic heterocycles. The SMILES string of the molecule is Nc1c(Sc2nccs2)cc[nH]c1=O. The zero-order valence-electron chi connectivity index (χ0n) is 7.06. The van der Waals surface area contributed by atoms with E-state index in [0.717, 1.165) is 9.24 Å². The summed E-state index contributed by atoms with van der Waals surface area (Å²) in [5.74, 6) is 0. The summed E-state index contributed by atoms with van der Waals surface area (Å²) in [7, 11) is 0. The summed E-state index contributed by atoms with van der Waals surface area (Å²) in [4.78, 5) is 18.5. The predicted octanol–water partition coefficient (Wildman–Crippen LogP) is 1.56. The maximum atomic E-state index is 11.2. The number of nitrogens with one attached hydrogen (secondary N) is 1. The number of aromatic amines is 1. The van der Waals surface area contributed by atoms with Crippen LogP contribution in [0.15, 0.2) is 37.9 Å². The Morgan fingerprint density at radius 3 is 3.14 bits per heavy atom. The van der Waals surface area contributed by atoms with Crippen molar-refractivity contribution in [3.63, 3.8) is 0 Å². The minimum absolute atomic E-state index is 0.243. The van der Waals surface area contributed by atoms with Gasteiger partial charge in [0.15, 0.2) is 4.34 Å². The Labute approximate surface area is 88.2 Å². The molecule has 0 saturated carbocycles. The number of rotatable bonds is 2. The van der Waals surface area contributed by atoms with Crippen LogP contribution in [0, 0.1) is 0 Å². The second kappa shape index (κ2) is 3.85. The van der Waals surface area contributed by atoms with Crippen LogP contribution >= 0.6 is 23.1 Å². The van der Waals surface area contributed by atoms with Crippen LogP contribution in [0.2, 0.25) is 0 Å². The quantitative estimate of drug-likeness (QED) is 0.813. The maximum Gasteiger partial charge on any atom is 0.272 e. The lowest BCUT2D eigenvalue weighted by Crippen LogP contribution is -2.11. The first-order chi connectivity index (χ1) is 6.77. The van der Waals surface area contributed by atoms with Crippen LogP contribution in [0.3, 0.4) is 0 Å². The van der Waals surface area contributed by atoms with Gasteiger partial charge >= 0.3 is 0 Å². The third-order valence-corrected chi connectivity index (χ3v) is 3.53. The molecule has 4 nitrogen and oxygen atoms in total. The average molecular weight is 225 g/mol. The Morgan fingerprint density at radius 1 is 1.57 bits per heavy atom. The molecule has 14 heavy (non-hydrogen) atoms. The van der Waals surface area contributed by atoms with Gasteiger partial charge in [-0.25, -0.2) is 4.98 Å². The number of nitrogen functional groups attached to an aromatic ring is 1. The topological polar surface area (TPSA) is 71.8 Å². The average Bonchev–Trinajstić information content (AvgIpc) is 2.66. The number of thiazole rings is 1. The molecule has 0 unspecified atom stereocenters. The van der Waals surface area contributed by atoms with Gasteiger partial charge in [0.2, 0.25) is 0 Å². The summed E-state index contributed by atoms with van der Waals surface area (Å²) >= 11 is 2.91. The van der Waals surface area contributed by atoms with Crippen molar-refractivity contribution in [3.05, 3.63) is 34.2 Å². The van der Waals surface area contributed by atoms with Gasteiger partial charge in [-0.2, -0.15) is 0 Å². The molecule has 0 spiro atoms. The highest BCUT2D eigenvalue weighted by molar-refractivity contribution is 8.01. The third-order valence-electron chi connectivity index (χ3n) is 1.57. The largest absolute Gasteiger partial charge is 0.393 e. The number of H-pyrrole nitrogens is 1. The van der Waals surface area contributed by atoms with Gasteiger partial charge in [-0.3, -0.25) is 4.79 Å². The predicted molar refractivity (Wildman–Crippen MR) is 57.7 cm³/mol. The van der Waals surface area contributed by atoms with Crippen molar-refractivity contribution in [3.8, 4) is 0 Å². The standard InChI is InChI=1S/C8H7N3OS2/c9-6-5(1-2-10-7(6)12)14-8-11-3-4-13-8/h1-4H,9H2,(H,10,12). The molecule has 3 N–H and O–H groups in total. The van der Waals surface area contributed by atoms with E-state index >= 15 is 0 Å². The number of hydrogen-bond donors (Lipinski definition) is 2. The van der Waals surface area contributed by atoms with Gasteiger partial charge in [0.25, 0.3) is 5.56 Å². The highest BCUT2D eigenvalue weighted by Gasteiger charge is 2.05. The first-order valence-electron chi connectivity index (χ1n) is 3.82. The second-order valence-corrected chi connectivity index (χ2v) is 4.67. The van der Waals surface area contributed by atoms with Crippen molar-refractivity contribution in [2.75, 3.05) is 5.73 Å². The summed E-state index contributed by atoms with van der Waals surface area (Å²) < 4.78 is 0.877. The van der Waals surface area contributed by atoms with Crippen molar-refractivity contribution in [1.29, 1.82) is 0 Å². The molecule has 0 fully saturated rings. The number of nitrogens with zero attached hydrogens (tertiary/aromatic N) is 1. The molecule has 0 aliphatic rings. The van der Waals surface area contributed by atoms with Crippen LogP contribution in [0.4, 0.5) is 5.69 Å². The lowest BCUT2D eigenvalue weighted by atomic mass is 10.4. The lowest BCUT2D eigenvalue weighted by Gasteiger charge is -1.99. The van der Waals surface area contributed by atoms with Crippen molar-refractivity contribution in [2.24, 2.45) is 0 Å². The van der Waals surface area contributed by atoms with Gasteiger partial charge in [-0.05, 0) is 6.07 Å². The highest BCUT2D eigenvalue weighted by atomic mass is 32.2. The summed E-state index contributed by atoms with van der Waals surface area (Å²) in [6.45, 7) is 0. The van der Waals surface area contributed by atoms with E-state index in [2.05, 4.69) is 9.97 Å². The Kier molecular flexibility index (Phi) is 2.55. The molecule has 0 atom stereocenters. The zero-order chi connectivity index (χ0) is 9.97. The molecule has 0 saturated heterocycles. The van der Waals surface area contributed by atoms with Crippen LogP contribution in [0.5, 0.6) is 0 Å². The monoisotopic (exact) mass is 225 g/mol. The summed E-state index contributed by atoms with van der Waals surface area (Å²) in [5, 5.41) is 1.88. The van der Waals surface area contributed by atoms with Crippen molar-refractivity contribution in [2.45, 2.75) is 9.24 Å². The molecule has 72 valence electrons. The van der Waals surface area contributed by atoms with E-state index in [1.807, 2.05) is 5.38 Å². The molecule has 0 aliphatic carbocycles. The Morgan fingerprint density at radius 2 is 2.43 bits per heavy atom. The van der Waals surface area contributed by atoms with E-state index in [0.29, 0.717) is 0 Å². The Bertz CT molecular complexity index is 478. The van der Waals surface area contributed by atoms with Crippen LogP contribution in [-0.2, 0) is 0 Å². The fourth-order valence-corrected chi connectivity index (χ4v) is 2.55. The number of anilines is 1. The van der Waals surface area contributed by atoms with Gasteiger partial charge in [-0.15, -0.1) is 11.3 Å². The number of pyridine rings is 1. The molecule has 0 bridgehead atoms. The van der Waals surface area contributed by atoms with Crippen molar-refractivity contribution >= 4 is 28.8 Å². The van der Waals surface area contributed by atoms with E-state index in [4.69, 9.17) is 5.73 Å². The van der Waals surface area contributed by atoms with E-state index in [-0.39, 0.29) is 11.2 Å². The molecule has 2 aromatic rings. The molecule has 0 radical (unpaired) electrons. The minimum atomic E-state index is -0.258.